The van der Waals surface area contributed by atoms with Crippen LogP contribution in [0, 0.1) is 6.92 Å². The summed E-state index contributed by atoms with van der Waals surface area (Å²) in [6.45, 7) is 1.26. The van der Waals surface area contributed by atoms with Crippen molar-refractivity contribution in [1.29, 1.82) is 0 Å². The Labute approximate surface area is 93.8 Å². The Morgan fingerprint density at radius 2 is 2.00 bits per heavy atom. The Balaban J connectivity index is 3.58. The van der Waals surface area contributed by atoms with E-state index in [1.165, 1.54) is 6.07 Å². The van der Waals surface area contributed by atoms with Gasteiger partial charge in [0.25, 0.3) is 0 Å². The van der Waals surface area contributed by atoms with Gasteiger partial charge in [0.1, 0.15) is 5.75 Å². The number of Topliss-reactive ketones (excluding diaryl/α,β-unsaturated/α-hetero) is 1. The number of carbonyl (C=O) groups excluding carboxylic acids is 1. The summed E-state index contributed by atoms with van der Waals surface area (Å²) in [5, 5.41) is 9.45. The average Bonchev–Trinajstić information content (AvgIpc) is 2.18. The molecule has 88 valence electrons. The van der Waals surface area contributed by atoms with Crippen LogP contribution < -0.4 is 5.73 Å². The lowest BCUT2D eigenvalue weighted by atomic mass is 10.1. The van der Waals surface area contributed by atoms with Gasteiger partial charge in [-0.05, 0) is 24.6 Å². The standard InChI is InChI=1S/C10H13NO4S/c1-6-3-10(16(2,14)15)7(4-8(6)12)9(13)5-11/h3-4,12H,5,11H2,1-2H3. The number of sulfone groups is 1. The van der Waals surface area contributed by atoms with Crippen LogP contribution in [0.5, 0.6) is 5.75 Å². The fraction of sp³-hybridized carbons (Fsp3) is 0.300. The van der Waals surface area contributed by atoms with Crippen molar-refractivity contribution < 1.29 is 18.3 Å². The van der Waals surface area contributed by atoms with Crippen molar-refractivity contribution in [3.63, 3.8) is 0 Å². The summed E-state index contributed by atoms with van der Waals surface area (Å²) in [7, 11) is -3.52. The lowest BCUT2D eigenvalue weighted by Gasteiger charge is -2.08. The first-order valence-electron chi connectivity index (χ1n) is 4.54. The van der Waals surface area contributed by atoms with Crippen molar-refractivity contribution >= 4 is 15.6 Å². The average molecular weight is 243 g/mol. The van der Waals surface area contributed by atoms with Crippen LogP contribution >= 0.6 is 0 Å². The summed E-state index contributed by atoms with van der Waals surface area (Å²) in [5.74, 6) is -0.639. The molecule has 1 aromatic carbocycles. The molecule has 1 aromatic rings. The highest BCUT2D eigenvalue weighted by molar-refractivity contribution is 7.90. The van der Waals surface area contributed by atoms with Gasteiger partial charge in [0.05, 0.1) is 11.4 Å². The lowest BCUT2D eigenvalue weighted by Crippen LogP contribution is -2.17. The Morgan fingerprint density at radius 3 is 2.44 bits per heavy atom. The van der Waals surface area contributed by atoms with Crippen LogP contribution in [-0.4, -0.2) is 32.1 Å². The van der Waals surface area contributed by atoms with E-state index in [1.54, 1.807) is 6.92 Å². The van der Waals surface area contributed by atoms with Gasteiger partial charge >= 0.3 is 0 Å². The second kappa shape index (κ2) is 4.23. The van der Waals surface area contributed by atoms with Crippen molar-refractivity contribution in [2.45, 2.75) is 11.8 Å². The number of hydrogen-bond donors (Lipinski definition) is 2. The summed E-state index contributed by atoms with van der Waals surface area (Å²) in [4.78, 5) is 11.3. The van der Waals surface area contributed by atoms with E-state index in [4.69, 9.17) is 5.73 Å². The van der Waals surface area contributed by atoms with Crippen molar-refractivity contribution in [2.24, 2.45) is 5.73 Å². The number of hydrogen-bond acceptors (Lipinski definition) is 5. The zero-order valence-corrected chi connectivity index (χ0v) is 9.84. The molecule has 0 bridgehead atoms. The summed E-state index contributed by atoms with van der Waals surface area (Å²) in [6, 6.07) is 2.41. The first-order chi connectivity index (χ1) is 7.27. The van der Waals surface area contributed by atoms with Gasteiger partial charge in [-0.3, -0.25) is 4.79 Å². The number of benzene rings is 1. The number of aryl methyl sites for hydroxylation is 1. The Morgan fingerprint density at radius 1 is 1.44 bits per heavy atom. The molecule has 0 saturated carbocycles. The summed E-state index contributed by atoms with van der Waals surface area (Å²) < 4.78 is 22.9. The minimum atomic E-state index is -3.52. The number of ketones is 1. The fourth-order valence-corrected chi connectivity index (χ4v) is 2.27. The molecule has 0 heterocycles. The third kappa shape index (κ3) is 2.40. The Bertz CT molecular complexity index is 534. The lowest BCUT2D eigenvalue weighted by molar-refractivity contribution is 0.0998. The van der Waals surface area contributed by atoms with E-state index in [2.05, 4.69) is 0 Å². The molecular weight excluding hydrogens is 230 g/mol. The van der Waals surface area contributed by atoms with E-state index in [0.29, 0.717) is 5.56 Å². The Kier molecular flexibility index (Phi) is 3.35. The number of carbonyl (C=O) groups is 1. The van der Waals surface area contributed by atoms with Crippen LogP contribution in [-0.2, 0) is 9.84 Å². The van der Waals surface area contributed by atoms with Gasteiger partial charge in [-0.15, -0.1) is 0 Å². The number of phenols is 1. The van der Waals surface area contributed by atoms with Crippen molar-refractivity contribution in [3.05, 3.63) is 23.3 Å². The van der Waals surface area contributed by atoms with Crippen LogP contribution in [0.2, 0.25) is 0 Å². The van der Waals surface area contributed by atoms with Gasteiger partial charge in [0.2, 0.25) is 0 Å². The van der Waals surface area contributed by atoms with E-state index < -0.39 is 15.6 Å². The second-order valence-corrected chi connectivity index (χ2v) is 5.52. The molecule has 0 saturated heterocycles. The van der Waals surface area contributed by atoms with Gasteiger partial charge < -0.3 is 10.8 Å². The largest absolute Gasteiger partial charge is 0.508 e. The molecule has 0 spiro atoms. The quantitative estimate of drug-likeness (QED) is 0.741. The minimum absolute atomic E-state index is 0.0619. The van der Waals surface area contributed by atoms with E-state index in [1.807, 2.05) is 0 Å². The molecule has 0 amide bonds. The predicted octanol–water partition coefficient (Wildman–Crippen LogP) is 0.246. The molecule has 0 fully saturated rings. The molecule has 0 aromatic heterocycles. The van der Waals surface area contributed by atoms with Crippen LogP contribution in [0.15, 0.2) is 17.0 Å². The number of phenolic OH excluding ortho intramolecular Hbond substituents is 1. The van der Waals surface area contributed by atoms with Crippen LogP contribution in [0.25, 0.3) is 0 Å². The number of nitrogens with two attached hydrogens (primary N) is 1. The topological polar surface area (TPSA) is 97.5 Å². The number of rotatable bonds is 3. The molecule has 0 aliphatic rings. The first-order valence-corrected chi connectivity index (χ1v) is 6.43. The van der Waals surface area contributed by atoms with Gasteiger partial charge in [-0.2, -0.15) is 0 Å². The molecule has 5 nitrogen and oxygen atoms in total. The van der Waals surface area contributed by atoms with Crippen molar-refractivity contribution in [1.82, 2.24) is 0 Å². The zero-order chi connectivity index (χ0) is 12.5. The first kappa shape index (κ1) is 12.7. The van der Waals surface area contributed by atoms with Gasteiger partial charge in [0, 0.05) is 11.8 Å². The van der Waals surface area contributed by atoms with Gasteiger partial charge in [0.15, 0.2) is 15.6 Å². The smallest absolute Gasteiger partial charge is 0.177 e. The third-order valence-electron chi connectivity index (χ3n) is 2.18. The molecule has 6 heteroatoms. The second-order valence-electron chi connectivity index (χ2n) is 3.53. The maximum atomic E-state index is 11.5. The fourth-order valence-electron chi connectivity index (χ4n) is 1.30. The van der Waals surface area contributed by atoms with Crippen molar-refractivity contribution in [2.75, 3.05) is 12.8 Å². The van der Waals surface area contributed by atoms with Crippen LogP contribution in [0.3, 0.4) is 0 Å². The summed E-state index contributed by atoms with van der Waals surface area (Å²) in [6.07, 6.45) is 1.01. The minimum Gasteiger partial charge on any atom is -0.508 e. The molecule has 0 unspecified atom stereocenters. The molecule has 16 heavy (non-hydrogen) atoms. The van der Waals surface area contributed by atoms with Gasteiger partial charge in [-0.25, -0.2) is 8.42 Å². The molecule has 0 radical (unpaired) electrons. The molecular formula is C10H13NO4S. The molecule has 0 aliphatic carbocycles. The molecule has 0 aliphatic heterocycles. The van der Waals surface area contributed by atoms with E-state index in [9.17, 15) is 18.3 Å². The highest BCUT2D eigenvalue weighted by atomic mass is 32.2. The highest BCUT2D eigenvalue weighted by Gasteiger charge is 2.19. The van der Waals surface area contributed by atoms with E-state index >= 15 is 0 Å². The van der Waals surface area contributed by atoms with Gasteiger partial charge in [-0.1, -0.05) is 0 Å². The van der Waals surface area contributed by atoms with E-state index in [-0.39, 0.29) is 22.8 Å². The summed E-state index contributed by atoms with van der Waals surface area (Å²) >= 11 is 0. The molecule has 0 atom stereocenters. The normalized spacial score (nSPS) is 11.4. The summed E-state index contributed by atoms with van der Waals surface area (Å²) in [5.41, 5.74) is 5.51. The van der Waals surface area contributed by atoms with Crippen molar-refractivity contribution in [3.8, 4) is 5.75 Å². The highest BCUT2D eigenvalue weighted by Crippen LogP contribution is 2.25. The van der Waals surface area contributed by atoms with E-state index in [0.717, 1.165) is 12.3 Å². The monoisotopic (exact) mass is 243 g/mol. The SMILES string of the molecule is Cc1cc(S(C)(=O)=O)c(C(=O)CN)cc1O. The maximum absolute atomic E-state index is 11.5. The van der Waals surface area contributed by atoms with Crippen LogP contribution in [0.4, 0.5) is 0 Å². The third-order valence-corrected chi connectivity index (χ3v) is 3.32. The number of aromatic hydroxyl groups is 1. The Hall–Kier alpha value is -1.40. The molecule has 1 rings (SSSR count). The zero-order valence-electron chi connectivity index (χ0n) is 9.02. The van der Waals surface area contributed by atoms with Crippen LogP contribution in [0.1, 0.15) is 15.9 Å². The predicted molar refractivity (Wildman–Crippen MR) is 59.3 cm³/mol. The molecule has 3 N–H and O–H groups in total. The maximum Gasteiger partial charge on any atom is 0.177 e.